The Morgan fingerprint density at radius 1 is 1.50 bits per heavy atom. The summed E-state index contributed by atoms with van der Waals surface area (Å²) in [7, 11) is 0. The van der Waals surface area contributed by atoms with Crippen LogP contribution < -0.4 is 5.73 Å². The predicted octanol–water partition coefficient (Wildman–Crippen LogP) is 2.33. The molecule has 1 nitrogen and oxygen atoms in total. The lowest BCUT2D eigenvalue weighted by Gasteiger charge is -2.09. The minimum absolute atomic E-state index is 0.673. The zero-order valence-corrected chi connectivity index (χ0v) is 7.19. The molecule has 0 fully saturated rings. The van der Waals surface area contributed by atoms with Gasteiger partial charge in [0.25, 0.3) is 0 Å². The van der Waals surface area contributed by atoms with Gasteiger partial charge in [-0.1, -0.05) is 25.5 Å². The van der Waals surface area contributed by atoms with Crippen LogP contribution in [0.4, 0.5) is 0 Å². The van der Waals surface area contributed by atoms with Gasteiger partial charge >= 0.3 is 0 Å². The van der Waals surface area contributed by atoms with Gasteiger partial charge in [-0.05, 0) is 32.2 Å². The van der Waals surface area contributed by atoms with E-state index in [1.165, 1.54) is 18.4 Å². The first-order valence-corrected chi connectivity index (χ1v) is 4.04. The molecule has 0 aliphatic heterocycles. The van der Waals surface area contributed by atoms with Crippen molar-refractivity contribution in [3.63, 3.8) is 0 Å². The van der Waals surface area contributed by atoms with Gasteiger partial charge in [-0.15, -0.1) is 0 Å². The van der Waals surface area contributed by atoms with Crippen LogP contribution in [-0.2, 0) is 0 Å². The monoisotopic (exact) mass is 141 g/mol. The van der Waals surface area contributed by atoms with Crippen molar-refractivity contribution in [2.45, 2.75) is 33.1 Å². The van der Waals surface area contributed by atoms with E-state index in [1.807, 2.05) is 0 Å². The molecule has 1 unspecified atom stereocenters. The van der Waals surface area contributed by atoms with E-state index in [4.69, 9.17) is 5.73 Å². The van der Waals surface area contributed by atoms with E-state index in [-0.39, 0.29) is 0 Å². The van der Waals surface area contributed by atoms with Crippen LogP contribution in [0.1, 0.15) is 33.1 Å². The molecular formula is C9H19N. The van der Waals surface area contributed by atoms with Crippen LogP contribution in [0.2, 0.25) is 0 Å². The van der Waals surface area contributed by atoms with E-state index in [9.17, 15) is 0 Å². The van der Waals surface area contributed by atoms with Crippen LogP contribution in [0.5, 0.6) is 0 Å². The third-order valence-corrected chi connectivity index (χ3v) is 1.93. The second-order valence-corrected chi connectivity index (χ2v) is 3.03. The Labute approximate surface area is 64.3 Å². The molecule has 0 bridgehead atoms. The highest BCUT2D eigenvalue weighted by atomic mass is 14.5. The fourth-order valence-corrected chi connectivity index (χ4v) is 0.841. The summed E-state index contributed by atoms with van der Waals surface area (Å²) < 4.78 is 0. The minimum atomic E-state index is 0.673. The van der Waals surface area contributed by atoms with Crippen molar-refractivity contribution in [1.82, 2.24) is 0 Å². The molecule has 0 heterocycles. The highest BCUT2D eigenvalue weighted by molar-refractivity contribution is 4.93. The second kappa shape index (κ2) is 5.48. The summed E-state index contributed by atoms with van der Waals surface area (Å²) in [6.07, 6.45) is 3.63. The Hall–Kier alpha value is -0.300. The zero-order chi connectivity index (χ0) is 7.98. The predicted molar refractivity (Wildman–Crippen MR) is 46.9 cm³/mol. The average Bonchev–Trinajstić information content (AvgIpc) is 1.88. The largest absolute Gasteiger partial charge is 0.330 e. The van der Waals surface area contributed by atoms with Gasteiger partial charge in [0.2, 0.25) is 0 Å². The fraction of sp³-hybridized carbons (Fsp3) is 0.778. The van der Waals surface area contributed by atoms with Gasteiger partial charge in [-0.2, -0.15) is 0 Å². The van der Waals surface area contributed by atoms with Gasteiger partial charge in [0, 0.05) is 0 Å². The number of nitrogens with two attached hydrogens (primary N) is 1. The van der Waals surface area contributed by atoms with E-state index in [0.29, 0.717) is 5.92 Å². The van der Waals surface area contributed by atoms with Gasteiger partial charge < -0.3 is 5.73 Å². The Bertz CT molecular complexity index is 96.9. The molecule has 2 N–H and O–H groups in total. The highest BCUT2D eigenvalue weighted by Gasteiger charge is 2.00. The molecule has 0 aromatic carbocycles. The zero-order valence-electron chi connectivity index (χ0n) is 7.19. The Kier molecular flexibility index (Phi) is 5.32. The second-order valence-electron chi connectivity index (χ2n) is 3.03. The first-order valence-electron chi connectivity index (χ1n) is 4.04. The number of unbranched alkanes of at least 4 members (excludes halogenated alkanes) is 1. The molecule has 0 aromatic heterocycles. The lowest BCUT2D eigenvalue weighted by Crippen LogP contribution is -2.00. The van der Waals surface area contributed by atoms with Gasteiger partial charge in [0.05, 0.1) is 0 Å². The summed E-state index contributed by atoms with van der Waals surface area (Å²) in [5.41, 5.74) is 6.66. The molecule has 0 amide bonds. The van der Waals surface area contributed by atoms with Crippen LogP contribution in [0.3, 0.4) is 0 Å². The van der Waals surface area contributed by atoms with Gasteiger partial charge in [0.15, 0.2) is 0 Å². The molecule has 0 saturated carbocycles. The van der Waals surface area contributed by atoms with E-state index < -0.39 is 0 Å². The summed E-state index contributed by atoms with van der Waals surface area (Å²) >= 11 is 0. The molecular weight excluding hydrogens is 122 g/mol. The van der Waals surface area contributed by atoms with Crippen LogP contribution in [0.25, 0.3) is 0 Å². The van der Waals surface area contributed by atoms with Gasteiger partial charge in [-0.25, -0.2) is 0 Å². The van der Waals surface area contributed by atoms with Crippen molar-refractivity contribution >= 4 is 0 Å². The lowest BCUT2D eigenvalue weighted by atomic mass is 9.98. The smallest absolute Gasteiger partial charge is 0.00773 e. The number of rotatable bonds is 5. The number of hydrogen-bond acceptors (Lipinski definition) is 1. The molecule has 10 heavy (non-hydrogen) atoms. The molecule has 0 saturated heterocycles. The van der Waals surface area contributed by atoms with Crippen molar-refractivity contribution in [2.75, 3.05) is 6.54 Å². The van der Waals surface area contributed by atoms with Crippen LogP contribution in [0, 0.1) is 5.92 Å². The van der Waals surface area contributed by atoms with Gasteiger partial charge in [-0.3, -0.25) is 0 Å². The lowest BCUT2D eigenvalue weighted by molar-refractivity contribution is 0.563. The van der Waals surface area contributed by atoms with Crippen molar-refractivity contribution < 1.29 is 0 Å². The van der Waals surface area contributed by atoms with E-state index in [0.717, 1.165) is 13.0 Å². The molecule has 0 aromatic rings. The number of allylic oxidation sites excluding steroid dienone is 1. The normalized spacial score (nSPS) is 13.1. The summed E-state index contributed by atoms with van der Waals surface area (Å²) in [5, 5.41) is 0. The molecule has 0 aliphatic carbocycles. The summed E-state index contributed by atoms with van der Waals surface area (Å²) in [6.45, 7) is 9.04. The first kappa shape index (κ1) is 9.70. The third kappa shape index (κ3) is 4.57. The third-order valence-electron chi connectivity index (χ3n) is 1.93. The topological polar surface area (TPSA) is 26.0 Å². The van der Waals surface area contributed by atoms with E-state index >= 15 is 0 Å². The summed E-state index contributed by atoms with van der Waals surface area (Å²) in [4.78, 5) is 0. The molecule has 1 heteroatoms. The van der Waals surface area contributed by atoms with Crippen molar-refractivity contribution in [1.29, 1.82) is 0 Å². The molecule has 0 rings (SSSR count). The van der Waals surface area contributed by atoms with Crippen molar-refractivity contribution in [2.24, 2.45) is 11.7 Å². The van der Waals surface area contributed by atoms with Crippen molar-refractivity contribution in [3.8, 4) is 0 Å². The van der Waals surface area contributed by atoms with Crippen molar-refractivity contribution in [3.05, 3.63) is 12.2 Å². The Morgan fingerprint density at radius 2 is 2.10 bits per heavy atom. The highest BCUT2D eigenvalue weighted by Crippen LogP contribution is 2.14. The maximum absolute atomic E-state index is 5.37. The van der Waals surface area contributed by atoms with E-state index in [1.54, 1.807) is 0 Å². The van der Waals surface area contributed by atoms with Crippen LogP contribution in [0.15, 0.2) is 12.2 Å². The molecule has 1 atom stereocenters. The van der Waals surface area contributed by atoms with Gasteiger partial charge in [0.1, 0.15) is 0 Å². The van der Waals surface area contributed by atoms with Crippen LogP contribution >= 0.6 is 0 Å². The molecule has 0 spiro atoms. The molecule has 60 valence electrons. The molecule has 0 aliphatic rings. The molecule has 0 radical (unpaired) electrons. The average molecular weight is 141 g/mol. The Balaban J connectivity index is 3.21. The minimum Gasteiger partial charge on any atom is -0.330 e. The SMILES string of the molecule is C=C(C)C(C)CCCCN. The fourth-order valence-electron chi connectivity index (χ4n) is 0.841. The Morgan fingerprint density at radius 3 is 2.50 bits per heavy atom. The summed E-state index contributed by atoms with van der Waals surface area (Å²) in [5.74, 6) is 0.673. The van der Waals surface area contributed by atoms with E-state index in [2.05, 4.69) is 20.4 Å². The number of hydrogen-bond donors (Lipinski definition) is 1. The first-order chi connectivity index (χ1) is 4.68. The maximum Gasteiger partial charge on any atom is -0.00773 e. The quantitative estimate of drug-likeness (QED) is 0.461. The standard InChI is InChI=1S/C9H19N/c1-8(2)9(3)6-4-5-7-10/h9H,1,4-7,10H2,2-3H3. The maximum atomic E-state index is 5.37. The summed E-state index contributed by atoms with van der Waals surface area (Å²) in [6, 6.07) is 0. The van der Waals surface area contributed by atoms with Crippen LogP contribution in [-0.4, -0.2) is 6.54 Å².